The summed E-state index contributed by atoms with van der Waals surface area (Å²) in [5, 5.41) is 0. The molecule has 12 heavy (non-hydrogen) atoms. The molecule has 0 amide bonds. The smallest absolute Gasteiger partial charge is 0.0130 e. The molecule has 0 radical (unpaired) electrons. The molecule has 2 N–H and O–H groups in total. The highest BCUT2D eigenvalue weighted by Gasteiger charge is 2.00. The largest absolute Gasteiger partial charge is 0.327 e. The van der Waals surface area contributed by atoms with E-state index in [9.17, 15) is 0 Å². The minimum Gasteiger partial charge on any atom is -0.327 e. The van der Waals surface area contributed by atoms with Gasteiger partial charge in [0, 0.05) is 11.8 Å². The molecule has 0 aliphatic carbocycles. The van der Waals surface area contributed by atoms with Crippen LogP contribution in [0.4, 0.5) is 0 Å². The summed E-state index contributed by atoms with van der Waals surface area (Å²) in [5.74, 6) is 2.42. The summed E-state index contributed by atoms with van der Waals surface area (Å²) in [6, 6.07) is 0.438. The standard InChI is InChI=1S/C10H23NS/c1-3-5-6-7-10(11)9-12-8-4-2/h10H,3-9,11H2,1-2H3. The summed E-state index contributed by atoms with van der Waals surface area (Å²) < 4.78 is 0. The van der Waals surface area contributed by atoms with Gasteiger partial charge in [-0.05, 0) is 18.6 Å². The second-order valence-corrected chi connectivity index (χ2v) is 4.48. The SMILES string of the molecule is CCCCCC(N)CSCCC. The monoisotopic (exact) mass is 189 g/mol. The van der Waals surface area contributed by atoms with E-state index >= 15 is 0 Å². The van der Waals surface area contributed by atoms with E-state index in [0.29, 0.717) is 6.04 Å². The summed E-state index contributed by atoms with van der Waals surface area (Å²) >= 11 is 1.99. The number of thioether (sulfide) groups is 1. The van der Waals surface area contributed by atoms with Gasteiger partial charge in [0.1, 0.15) is 0 Å². The molecule has 0 aromatic heterocycles. The Morgan fingerprint density at radius 1 is 1.17 bits per heavy atom. The molecule has 0 fully saturated rings. The van der Waals surface area contributed by atoms with Crippen LogP contribution in [-0.2, 0) is 0 Å². The quantitative estimate of drug-likeness (QED) is 0.594. The van der Waals surface area contributed by atoms with Gasteiger partial charge in [-0.1, -0.05) is 33.1 Å². The summed E-state index contributed by atoms with van der Waals surface area (Å²) in [7, 11) is 0. The molecule has 1 atom stereocenters. The first-order chi connectivity index (χ1) is 5.81. The minimum atomic E-state index is 0.438. The Bertz CT molecular complexity index is 75.9. The van der Waals surface area contributed by atoms with Crippen LogP contribution in [0.25, 0.3) is 0 Å². The first kappa shape index (κ1) is 12.3. The van der Waals surface area contributed by atoms with Crippen molar-refractivity contribution in [2.45, 2.75) is 52.0 Å². The molecule has 0 saturated heterocycles. The zero-order valence-electron chi connectivity index (χ0n) is 8.51. The van der Waals surface area contributed by atoms with E-state index in [1.165, 1.54) is 37.9 Å². The van der Waals surface area contributed by atoms with Gasteiger partial charge in [0.25, 0.3) is 0 Å². The normalized spacial score (nSPS) is 13.2. The van der Waals surface area contributed by atoms with Gasteiger partial charge in [-0.2, -0.15) is 11.8 Å². The number of nitrogens with two attached hydrogens (primary N) is 1. The average Bonchev–Trinajstić information content (AvgIpc) is 2.06. The lowest BCUT2D eigenvalue weighted by Gasteiger charge is -2.09. The van der Waals surface area contributed by atoms with Gasteiger partial charge in [-0.15, -0.1) is 0 Å². The minimum absolute atomic E-state index is 0.438. The molecule has 0 aliphatic heterocycles. The lowest BCUT2D eigenvalue weighted by Crippen LogP contribution is -2.22. The second kappa shape index (κ2) is 9.40. The Labute approximate surface area is 81.5 Å². The fourth-order valence-corrected chi connectivity index (χ4v) is 2.04. The van der Waals surface area contributed by atoms with E-state index in [1.807, 2.05) is 11.8 Å². The Morgan fingerprint density at radius 2 is 1.92 bits per heavy atom. The molecule has 0 aromatic carbocycles. The van der Waals surface area contributed by atoms with E-state index in [1.54, 1.807) is 0 Å². The van der Waals surface area contributed by atoms with Gasteiger partial charge < -0.3 is 5.73 Å². The molecule has 0 heterocycles. The fourth-order valence-electron chi connectivity index (χ4n) is 1.12. The lowest BCUT2D eigenvalue weighted by atomic mass is 10.1. The van der Waals surface area contributed by atoms with Crippen LogP contribution in [-0.4, -0.2) is 17.5 Å². The van der Waals surface area contributed by atoms with Gasteiger partial charge in [0.05, 0.1) is 0 Å². The lowest BCUT2D eigenvalue weighted by molar-refractivity contribution is 0.597. The molecule has 0 aliphatic rings. The van der Waals surface area contributed by atoms with E-state index < -0.39 is 0 Å². The molecule has 0 rings (SSSR count). The number of hydrogen-bond acceptors (Lipinski definition) is 2. The predicted octanol–water partition coefficient (Wildman–Crippen LogP) is 3.04. The van der Waals surface area contributed by atoms with Crippen molar-refractivity contribution in [3.63, 3.8) is 0 Å². The van der Waals surface area contributed by atoms with Crippen molar-refractivity contribution in [3.05, 3.63) is 0 Å². The third kappa shape index (κ3) is 8.41. The zero-order valence-corrected chi connectivity index (χ0v) is 9.33. The van der Waals surface area contributed by atoms with Crippen LogP contribution in [0.2, 0.25) is 0 Å². The molecule has 0 spiro atoms. The highest BCUT2D eigenvalue weighted by atomic mass is 32.2. The van der Waals surface area contributed by atoms with Crippen molar-refractivity contribution in [2.24, 2.45) is 5.73 Å². The zero-order chi connectivity index (χ0) is 9.23. The van der Waals surface area contributed by atoms with Gasteiger partial charge in [0.2, 0.25) is 0 Å². The molecular weight excluding hydrogens is 166 g/mol. The molecule has 1 unspecified atom stereocenters. The van der Waals surface area contributed by atoms with Crippen molar-refractivity contribution in [2.75, 3.05) is 11.5 Å². The number of hydrogen-bond donors (Lipinski definition) is 1. The Morgan fingerprint density at radius 3 is 2.50 bits per heavy atom. The van der Waals surface area contributed by atoms with Crippen molar-refractivity contribution in [1.82, 2.24) is 0 Å². The van der Waals surface area contributed by atoms with E-state index in [4.69, 9.17) is 5.73 Å². The van der Waals surface area contributed by atoms with Crippen LogP contribution in [0.1, 0.15) is 46.0 Å². The molecule has 2 heteroatoms. The van der Waals surface area contributed by atoms with Crippen LogP contribution in [0.3, 0.4) is 0 Å². The first-order valence-electron chi connectivity index (χ1n) is 5.14. The van der Waals surface area contributed by atoms with Gasteiger partial charge in [-0.25, -0.2) is 0 Å². The van der Waals surface area contributed by atoms with Crippen LogP contribution in [0.5, 0.6) is 0 Å². The maximum atomic E-state index is 5.93. The van der Waals surface area contributed by atoms with Crippen LogP contribution < -0.4 is 5.73 Å². The summed E-state index contributed by atoms with van der Waals surface area (Å²) in [5.41, 5.74) is 5.93. The van der Waals surface area contributed by atoms with Crippen molar-refractivity contribution in [3.8, 4) is 0 Å². The Balaban J connectivity index is 3.04. The second-order valence-electron chi connectivity index (χ2n) is 3.33. The van der Waals surface area contributed by atoms with E-state index in [0.717, 1.165) is 5.75 Å². The number of rotatable bonds is 8. The van der Waals surface area contributed by atoms with E-state index in [2.05, 4.69) is 13.8 Å². The highest BCUT2D eigenvalue weighted by Crippen LogP contribution is 2.08. The summed E-state index contributed by atoms with van der Waals surface area (Å²) in [4.78, 5) is 0. The van der Waals surface area contributed by atoms with Crippen LogP contribution in [0, 0.1) is 0 Å². The third-order valence-corrected chi connectivity index (χ3v) is 3.22. The maximum Gasteiger partial charge on any atom is 0.0130 e. The van der Waals surface area contributed by atoms with Gasteiger partial charge >= 0.3 is 0 Å². The Hall–Kier alpha value is 0.310. The summed E-state index contributed by atoms with van der Waals surface area (Å²) in [6.45, 7) is 4.45. The number of unbranched alkanes of at least 4 members (excludes halogenated alkanes) is 2. The van der Waals surface area contributed by atoms with Crippen molar-refractivity contribution < 1.29 is 0 Å². The average molecular weight is 189 g/mol. The summed E-state index contributed by atoms with van der Waals surface area (Å²) in [6.07, 6.45) is 6.43. The van der Waals surface area contributed by atoms with Crippen LogP contribution >= 0.6 is 11.8 Å². The molecule has 1 nitrogen and oxygen atoms in total. The van der Waals surface area contributed by atoms with Gasteiger partial charge in [0.15, 0.2) is 0 Å². The first-order valence-corrected chi connectivity index (χ1v) is 6.30. The molecule has 74 valence electrons. The van der Waals surface area contributed by atoms with Crippen LogP contribution in [0.15, 0.2) is 0 Å². The van der Waals surface area contributed by atoms with Crippen molar-refractivity contribution in [1.29, 1.82) is 0 Å². The highest BCUT2D eigenvalue weighted by molar-refractivity contribution is 7.99. The molecule has 0 aromatic rings. The molecular formula is C10H23NS. The van der Waals surface area contributed by atoms with Crippen molar-refractivity contribution >= 4 is 11.8 Å². The molecule has 0 saturated carbocycles. The molecule has 0 bridgehead atoms. The maximum absolute atomic E-state index is 5.93. The van der Waals surface area contributed by atoms with E-state index in [-0.39, 0.29) is 0 Å². The Kier molecular flexibility index (Phi) is 9.64. The predicted molar refractivity (Wildman–Crippen MR) is 59.7 cm³/mol. The third-order valence-electron chi connectivity index (χ3n) is 1.86. The fraction of sp³-hybridized carbons (Fsp3) is 1.00. The topological polar surface area (TPSA) is 26.0 Å². The van der Waals surface area contributed by atoms with Gasteiger partial charge in [-0.3, -0.25) is 0 Å².